The maximum atomic E-state index is 12.3. The van der Waals surface area contributed by atoms with Crippen LogP contribution in [-0.2, 0) is 0 Å². The Bertz CT molecular complexity index is 920. The standard InChI is InChI=1S/C19H17N3O4/c23-18(22-25)14-6-8-15(9-7-14)26-12-11-21-19(24)16-5-1-3-13-4-2-10-20-17(13)16/h1-10,25H,11-12H2,(H,21,24)(H,22,23). The molecule has 0 radical (unpaired) electrons. The molecule has 0 bridgehead atoms. The first-order valence-corrected chi connectivity index (χ1v) is 7.98. The van der Waals surface area contributed by atoms with Crippen LogP contribution in [0.4, 0.5) is 0 Å². The molecule has 1 heterocycles. The monoisotopic (exact) mass is 351 g/mol. The molecule has 0 fully saturated rings. The van der Waals surface area contributed by atoms with Gasteiger partial charge in [-0.3, -0.25) is 19.8 Å². The lowest BCUT2D eigenvalue weighted by molar-refractivity contribution is 0.0706. The van der Waals surface area contributed by atoms with E-state index in [1.165, 1.54) is 12.1 Å². The Kier molecular flexibility index (Phi) is 5.40. The van der Waals surface area contributed by atoms with Crippen LogP contribution in [0.3, 0.4) is 0 Å². The number of aromatic nitrogens is 1. The van der Waals surface area contributed by atoms with E-state index in [-0.39, 0.29) is 12.5 Å². The lowest BCUT2D eigenvalue weighted by Crippen LogP contribution is -2.28. The fraction of sp³-hybridized carbons (Fsp3) is 0.105. The van der Waals surface area contributed by atoms with Crippen molar-refractivity contribution < 1.29 is 19.5 Å². The maximum Gasteiger partial charge on any atom is 0.274 e. The van der Waals surface area contributed by atoms with Crippen LogP contribution >= 0.6 is 0 Å². The minimum absolute atomic E-state index is 0.215. The summed E-state index contributed by atoms with van der Waals surface area (Å²) in [7, 11) is 0. The lowest BCUT2D eigenvalue weighted by atomic mass is 10.1. The SMILES string of the molecule is O=C(NO)c1ccc(OCCNC(=O)c2cccc3cccnc23)cc1. The first-order valence-electron chi connectivity index (χ1n) is 7.98. The van der Waals surface area contributed by atoms with Crippen LogP contribution in [0, 0.1) is 0 Å². The Hall–Kier alpha value is -3.45. The third-order valence-corrected chi connectivity index (χ3v) is 3.75. The van der Waals surface area contributed by atoms with Gasteiger partial charge in [-0.1, -0.05) is 18.2 Å². The van der Waals surface area contributed by atoms with Crippen molar-refractivity contribution in [3.63, 3.8) is 0 Å². The largest absolute Gasteiger partial charge is 0.492 e. The quantitative estimate of drug-likeness (QED) is 0.359. The Labute approximate surface area is 149 Å². The van der Waals surface area contributed by atoms with Crippen LogP contribution in [0.25, 0.3) is 10.9 Å². The topological polar surface area (TPSA) is 101 Å². The summed E-state index contributed by atoms with van der Waals surface area (Å²) in [5.74, 6) is -0.249. The number of nitrogens with zero attached hydrogens (tertiary/aromatic N) is 1. The van der Waals surface area contributed by atoms with Gasteiger partial charge < -0.3 is 10.1 Å². The summed E-state index contributed by atoms with van der Waals surface area (Å²) in [5.41, 5.74) is 3.05. The molecule has 1 aromatic heterocycles. The predicted molar refractivity (Wildman–Crippen MR) is 95.3 cm³/mol. The highest BCUT2D eigenvalue weighted by atomic mass is 16.5. The molecule has 3 rings (SSSR count). The van der Waals surface area contributed by atoms with E-state index in [0.29, 0.717) is 28.9 Å². The van der Waals surface area contributed by atoms with Crippen molar-refractivity contribution >= 4 is 22.7 Å². The molecule has 0 saturated heterocycles. The van der Waals surface area contributed by atoms with Gasteiger partial charge in [0.2, 0.25) is 0 Å². The molecule has 3 N–H and O–H groups in total. The number of nitrogens with one attached hydrogen (secondary N) is 2. The van der Waals surface area contributed by atoms with Crippen LogP contribution in [0.5, 0.6) is 5.75 Å². The highest BCUT2D eigenvalue weighted by molar-refractivity contribution is 6.05. The van der Waals surface area contributed by atoms with Gasteiger partial charge in [0.15, 0.2) is 0 Å². The third-order valence-electron chi connectivity index (χ3n) is 3.75. The number of fused-ring (bicyclic) bond motifs is 1. The number of rotatable bonds is 6. The van der Waals surface area contributed by atoms with Gasteiger partial charge in [-0.05, 0) is 36.4 Å². The first-order chi connectivity index (χ1) is 12.7. The fourth-order valence-corrected chi connectivity index (χ4v) is 2.48. The third kappa shape index (κ3) is 3.96. The van der Waals surface area contributed by atoms with Gasteiger partial charge in [-0.15, -0.1) is 0 Å². The molecule has 2 amide bonds. The molecule has 0 saturated carbocycles. The van der Waals surface area contributed by atoms with E-state index in [1.807, 2.05) is 24.3 Å². The number of amides is 2. The molecule has 26 heavy (non-hydrogen) atoms. The molecule has 132 valence electrons. The fourth-order valence-electron chi connectivity index (χ4n) is 2.48. The Balaban J connectivity index is 1.53. The van der Waals surface area contributed by atoms with Crippen LogP contribution in [0.1, 0.15) is 20.7 Å². The summed E-state index contributed by atoms with van der Waals surface area (Å²) in [6.07, 6.45) is 1.66. The molecule has 7 nitrogen and oxygen atoms in total. The van der Waals surface area contributed by atoms with Gasteiger partial charge >= 0.3 is 0 Å². The molecule has 0 atom stereocenters. The minimum atomic E-state index is -0.590. The second-order valence-corrected chi connectivity index (χ2v) is 5.45. The van der Waals surface area contributed by atoms with E-state index < -0.39 is 5.91 Å². The summed E-state index contributed by atoms with van der Waals surface area (Å²) < 4.78 is 5.52. The highest BCUT2D eigenvalue weighted by Gasteiger charge is 2.10. The molecule has 3 aromatic rings. The minimum Gasteiger partial charge on any atom is -0.492 e. The zero-order chi connectivity index (χ0) is 18.4. The smallest absolute Gasteiger partial charge is 0.274 e. The number of para-hydroxylation sites is 1. The van der Waals surface area contributed by atoms with Gasteiger partial charge in [-0.25, -0.2) is 5.48 Å². The number of hydrogen-bond donors (Lipinski definition) is 3. The normalized spacial score (nSPS) is 10.3. The summed E-state index contributed by atoms with van der Waals surface area (Å²) in [6.45, 7) is 0.594. The van der Waals surface area contributed by atoms with Crippen molar-refractivity contribution in [2.75, 3.05) is 13.2 Å². The van der Waals surface area contributed by atoms with Crippen molar-refractivity contribution in [1.29, 1.82) is 0 Å². The van der Waals surface area contributed by atoms with Crippen molar-refractivity contribution in [2.24, 2.45) is 0 Å². The number of carbonyl (C=O) groups is 2. The number of carbonyl (C=O) groups excluding carboxylic acids is 2. The number of ether oxygens (including phenoxy) is 1. The van der Waals surface area contributed by atoms with Crippen LogP contribution in [0.15, 0.2) is 60.8 Å². The second kappa shape index (κ2) is 8.09. The highest BCUT2D eigenvalue weighted by Crippen LogP contribution is 2.16. The molecular formula is C19H17N3O4. The Morgan fingerprint density at radius 2 is 1.77 bits per heavy atom. The zero-order valence-electron chi connectivity index (χ0n) is 13.8. The average molecular weight is 351 g/mol. The molecule has 7 heteroatoms. The van der Waals surface area contributed by atoms with Crippen molar-refractivity contribution in [1.82, 2.24) is 15.8 Å². The van der Waals surface area contributed by atoms with Crippen LogP contribution in [-0.4, -0.2) is 35.2 Å². The van der Waals surface area contributed by atoms with Gasteiger partial charge in [0.25, 0.3) is 11.8 Å². The molecule has 0 aliphatic carbocycles. The van der Waals surface area contributed by atoms with Gasteiger partial charge in [0, 0.05) is 17.1 Å². The molecule has 0 spiro atoms. The van der Waals surface area contributed by atoms with Crippen LogP contribution < -0.4 is 15.5 Å². The first kappa shape index (κ1) is 17.4. The maximum absolute atomic E-state index is 12.3. The predicted octanol–water partition coefficient (Wildman–Crippen LogP) is 2.16. The van der Waals surface area contributed by atoms with E-state index in [1.54, 1.807) is 29.9 Å². The van der Waals surface area contributed by atoms with Crippen molar-refractivity contribution in [2.45, 2.75) is 0 Å². The van der Waals surface area contributed by atoms with E-state index in [4.69, 9.17) is 9.94 Å². The van der Waals surface area contributed by atoms with Crippen molar-refractivity contribution in [3.05, 3.63) is 71.9 Å². The van der Waals surface area contributed by atoms with Gasteiger partial charge in [-0.2, -0.15) is 0 Å². The molecule has 0 aliphatic rings. The average Bonchev–Trinajstić information content (AvgIpc) is 2.70. The van der Waals surface area contributed by atoms with E-state index >= 15 is 0 Å². The molecule has 2 aromatic carbocycles. The molecule has 0 unspecified atom stereocenters. The number of hydroxylamine groups is 1. The van der Waals surface area contributed by atoms with Crippen LogP contribution in [0.2, 0.25) is 0 Å². The second-order valence-electron chi connectivity index (χ2n) is 5.45. The Morgan fingerprint density at radius 1 is 1.00 bits per heavy atom. The van der Waals surface area contributed by atoms with Gasteiger partial charge in [0.05, 0.1) is 17.6 Å². The number of pyridine rings is 1. The summed E-state index contributed by atoms with van der Waals surface area (Å²) in [5, 5.41) is 12.3. The van der Waals surface area contributed by atoms with Crippen molar-refractivity contribution in [3.8, 4) is 5.75 Å². The summed E-state index contributed by atoms with van der Waals surface area (Å²) >= 11 is 0. The Morgan fingerprint density at radius 3 is 2.54 bits per heavy atom. The lowest BCUT2D eigenvalue weighted by Gasteiger charge is -2.09. The number of hydrogen-bond acceptors (Lipinski definition) is 5. The van der Waals surface area contributed by atoms with E-state index in [9.17, 15) is 9.59 Å². The zero-order valence-corrected chi connectivity index (χ0v) is 13.8. The van der Waals surface area contributed by atoms with E-state index in [2.05, 4.69) is 10.3 Å². The number of benzene rings is 2. The molecular weight excluding hydrogens is 334 g/mol. The molecule has 0 aliphatic heterocycles. The van der Waals surface area contributed by atoms with E-state index in [0.717, 1.165) is 5.39 Å². The summed E-state index contributed by atoms with van der Waals surface area (Å²) in [6, 6.07) is 15.5. The summed E-state index contributed by atoms with van der Waals surface area (Å²) in [4.78, 5) is 27.8. The van der Waals surface area contributed by atoms with Gasteiger partial charge in [0.1, 0.15) is 12.4 Å².